The minimum Gasteiger partial charge on any atom is -0.508 e. The van der Waals surface area contributed by atoms with Gasteiger partial charge in [0.25, 0.3) is 0 Å². The first-order chi connectivity index (χ1) is 16.5. The zero-order chi connectivity index (χ0) is 24.1. The summed E-state index contributed by atoms with van der Waals surface area (Å²) in [7, 11) is 0. The predicted octanol–water partition coefficient (Wildman–Crippen LogP) is 7.68. The van der Waals surface area contributed by atoms with Crippen molar-refractivity contribution in [3.63, 3.8) is 0 Å². The van der Waals surface area contributed by atoms with Crippen molar-refractivity contribution in [3.8, 4) is 5.75 Å². The Morgan fingerprint density at radius 1 is 0.706 bits per heavy atom. The van der Waals surface area contributed by atoms with Crippen LogP contribution in [0.25, 0.3) is 21.8 Å². The van der Waals surface area contributed by atoms with Gasteiger partial charge >= 0.3 is 0 Å². The largest absolute Gasteiger partial charge is 0.508 e. The number of aryl methyl sites for hydroxylation is 1. The lowest BCUT2D eigenvalue weighted by atomic mass is 9.99. The fraction of sp³-hybridized carbons (Fsp3) is 0.333. The number of phenols is 1. The van der Waals surface area contributed by atoms with E-state index >= 15 is 0 Å². The SMILES string of the molecule is CCCCCCCCC(=O)c1ccc2c(c1)c1cc(C(=O)c3ccc(O)cc3)ccc1n2CC. The van der Waals surface area contributed by atoms with E-state index in [0.29, 0.717) is 17.5 Å². The molecule has 34 heavy (non-hydrogen) atoms. The summed E-state index contributed by atoms with van der Waals surface area (Å²) in [6.45, 7) is 5.11. The Labute approximate surface area is 201 Å². The first kappa shape index (κ1) is 23.7. The van der Waals surface area contributed by atoms with Crippen molar-refractivity contribution in [3.05, 3.63) is 77.4 Å². The number of benzene rings is 3. The van der Waals surface area contributed by atoms with Gasteiger partial charge in [0.05, 0.1) is 0 Å². The van der Waals surface area contributed by atoms with Gasteiger partial charge in [-0.2, -0.15) is 0 Å². The van der Waals surface area contributed by atoms with Crippen LogP contribution in [0, 0.1) is 0 Å². The van der Waals surface area contributed by atoms with Crippen molar-refractivity contribution in [1.82, 2.24) is 4.57 Å². The van der Waals surface area contributed by atoms with Crippen LogP contribution in [-0.2, 0) is 6.54 Å². The van der Waals surface area contributed by atoms with Gasteiger partial charge in [0.2, 0.25) is 0 Å². The minimum absolute atomic E-state index is 0.0883. The third kappa shape index (κ3) is 4.91. The highest BCUT2D eigenvalue weighted by atomic mass is 16.3. The van der Waals surface area contributed by atoms with Gasteiger partial charge in [0.15, 0.2) is 11.6 Å². The van der Waals surface area contributed by atoms with Crippen LogP contribution < -0.4 is 0 Å². The molecule has 0 saturated carbocycles. The van der Waals surface area contributed by atoms with Gasteiger partial charge < -0.3 is 9.67 Å². The molecule has 1 N–H and O–H groups in total. The summed E-state index contributed by atoms with van der Waals surface area (Å²) in [5.74, 6) is 0.233. The highest BCUT2D eigenvalue weighted by Gasteiger charge is 2.16. The quantitative estimate of drug-likeness (QED) is 0.186. The number of aromatic nitrogens is 1. The molecule has 1 heterocycles. The molecule has 0 saturated heterocycles. The molecule has 0 fully saturated rings. The lowest BCUT2D eigenvalue weighted by Crippen LogP contribution is -2.01. The van der Waals surface area contributed by atoms with Crippen LogP contribution in [0.15, 0.2) is 60.7 Å². The molecule has 0 aliphatic rings. The molecule has 0 aliphatic heterocycles. The van der Waals surface area contributed by atoms with E-state index in [1.54, 1.807) is 12.1 Å². The Bertz CT molecular complexity index is 1310. The predicted molar refractivity (Wildman–Crippen MR) is 139 cm³/mol. The molecule has 0 aliphatic carbocycles. The molecular formula is C30H33NO3. The summed E-state index contributed by atoms with van der Waals surface area (Å²) < 4.78 is 2.22. The number of unbranched alkanes of at least 4 members (excludes halogenated alkanes) is 5. The normalized spacial score (nSPS) is 11.4. The molecule has 0 unspecified atom stereocenters. The first-order valence-electron chi connectivity index (χ1n) is 12.5. The number of carbonyl (C=O) groups is 2. The average molecular weight is 456 g/mol. The van der Waals surface area contributed by atoms with Gasteiger partial charge in [0, 0.05) is 51.5 Å². The standard InChI is InChI=1S/C30H33NO3/c1-3-5-6-7-8-9-10-29(33)22-13-17-27-25(19-22)26-20-23(14-18-28(26)31(27)4-2)30(34)21-11-15-24(32)16-12-21/h11-20,32H,3-10H2,1-2H3. The van der Waals surface area contributed by atoms with Crippen molar-refractivity contribution in [1.29, 1.82) is 0 Å². The summed E-state index contributed by atoms with van der Waals surface area (Å²) in [6, 6.07) is 18.1. The molecule has 0 amide bonds. The first-order valence-corrected chi connectivity index (χ1v) is 12.5. The van der Waals surface area contributed by atoms with E-state index in [-0.39, 0.29) is 17.3 Å². The number of phenolic OH excluding ortho intramolecular Hbond substituents is 1. The molecule has 4 aromatic rings. The molecule has 0 atom stereocenters. The molecule has 3 aromatic carbocycles. The van der Waals surface area contributed by atoms with Gasteiger partial charge in [-0.15, -0.1) is 0 Å². The average Bonchev–Trinajstić information content (AvgIpc) is 3.18. The maximum absolute atomic E-state index is 13.1. The topological polar surface area (TPSA) is 59.3 Å². The van der Waals surface area contributed by atoms with Crippen molar-refractivity contribution < 1.29 is 14.7 Å². The number of aromatic hydroxyl groups is 1. The molecule has 4 rings (SSSR count). The molecule has 0 bridgehead atoms. The summed E-state index contributed by atoms with van der Waals surface area (Å²) in [5, 5.41) is 11.5. The number of rotatable bonds is 11. The van der Waals surface area contributed by atoms with Gasteiger partial charge in [-0.25, -0.2) is 0 Å². The lowest BCUT2D eigenvalue weighted by molar-refractivity contribution is 0.0978. The third-order valence-electron chi connectivity index (χ3n) is 6.65. The van der Waals surface area contributed by atoms with Crippen molar-refractivity contribution in [2.45, 2.75) is 65.3 Å². The fourth-order valence-electron chi connectivity index (χ4n) is 4.75. The highest BCUT2D eigenvalue weighted by Crippen LogP contribution is 2.32. The third-order valence-corrected chi connectivity index (χ3v) is 6.65. The van der Waals surface area contributed by atoms with Crippen molar-refractivity contribution in [2.75, 3.05) is 0 Å². The number of ketones is 2. The zero-order valence-corrected chi connectivity index (χ0v) is 20.1. The smallest absolute Gasteiger partial charge is 0.193 e. The van der Waals surface area contributed by atoms with Crippen LogP contribution in [0.1, 0.15) is 85.1 Å². The number of Topliss-reactive ketones (excluding diaryl/α,β-unsaturated/α-hetero) is 1. The number of hydrogen-bond donors (Lipinski definition) is 1. The molecule has 0 spiro atoms. The van der Waals surface area contributed by atoms with Crippen molar-refractivity contribution >= 4 is 33.4 Å². The fourth-order valence-corrected chi connectivity index (χ4v) is 4.75. The van der Waals surface area contributed by atoms with Crippen LogP contribution in [-0.4, -0.2) is 21.2 Å². The van der Waals surface area contributed by atoms with Gasteiger partial charge in [-0.05, 0) is 74.0 Å². The second kappa shape index (κ2) is 10.7. The molecule has 0 radical (unpaired) electrons. The van der Waals surface area contributed by atoms with Gasteiger partial charge in [-0.3, -0.25) is 9.59 Å². The second-order valence-electron chi connectivity index (χ2n) is 9.03. The van der Waals surface area contributed by atoms with Crippen LogP contribution in [0.5, 0.6) is 5.75 Å². The Morgan fingerprint density at radius 2 is 1.26 bits per heavy atom. The van der Waals surface area contributed by atoms with Crippen LogP contribution in [0.3, 0.4) is 0 Å². The molecule has 176 valence electrons. The van der Waals surface area contributed by atoms with E-state index in [1.165, 1.54) is 37.8 Å². The number of hydrogen-bond acceptors (Lipinski definition) is 3. The zero-order valence-electron chi connectivity index (χ0n) is 20.1. The minimum atomic E-state index is -0.0883. The van der Waals surface area contributed by atoms with Gasteiger partial charge in [0.1, 0.15) is 5.75 Å². The van der Waals surface area contributed by atoms with E-state index in [2.05, 4.69) is 18.4 Å². The summed E-state index contributed by atoms with van der Waals surface area (Å²) in [5.41, 5.74) is 4.00. The number of carbonyl (C=O) groups excluding carboxylic acids is 2. The lowest BCUT2D eigenvalue weighted by Gasteiger charge is -2.05. The van der Waals surface area contributed by atoms with E-state index in [0.717, 1.165) is 46.8 Å². The van der Waals surface area contributed by atoms with Crippen LogP contribution in [0.4, 0.5) is 0 Å². The number of fused-ring (bicyclic) bond motifs is 3. The molecular weight excluding hydrogens is 422 g/mol. The van der Waals surface area contributed by atoms with E-state index in [9.17, 15) is 14.7 Å². The number of nitrogens with zero attached hydrogens (tertiary/aromatic N) is 1. The maximum atomic E-state index is 13.1. The van der Waals surface area contributed by atoms with E-state index in [4.69, 9.17) is 0 Å². The molecule has 1 aromatic heterocycles. The Kier molecular flexibility index (Phi) is 7.46. The summed E-state index contributed by atoms with van der Waals surface area (Å²) >= 11 is 0. The maximum Gasteiger partial charge on any atom is 0.193 e. The summed E-state index contributed by atoms with van der Waals surface area (Å²) in [6.07, 6.45) is 7.55. The van der Waals surface area contributed by atoms with Crippen LogP contribution >= 0.6 is 0 Å². The molecule has 4 heteroatoms. The Hall–Kier alpha value is -3.40. The highest BCUT2D eigenvalue weighted by molar-refractivity contribution is 6.15. The Balaban J connectivity index is 1.64. The van der Waals surface area contributed by atoms with E-state index in [1.807, 2.05) is 36.4 Å². The van der Waals surface area contributed by atoms with Crippen molar-refractivity contribution in [2.24, 2.45) is 0 Å². The second-order valence-corrected chi connectivity index (χ2v) is 9.03. The summed E-state index contributed by atoms with van der Waals surface area (Å²) in [4.78, 5) is 26.0. The Morgan fingerprint density at radius 3 is 1.91 bits per heavy atom. The van der Waals surface area contributed by atoms with Gasteiger partial charge in [-0.1, -0.05) is 39.0 Å². The van der Waals surface area contributed by atoms with E-state index < -0.39 is 0 Å². The van der Waals surface area contributed by atoms with Crippen LogP contribution in [0.2, 0.25) is 0 Å². The molecule has 4 nitrogen and oxygen atoms in total. The monoisotopic (exact) mass is 455 g/mol.